The van der Waals surface area contributed by atoms with Crippen molar-refractivity contribution in [3.05, 3.63) is 89.3 Å². The number of hydrogen-bond acceptors (Lipinski definition) is 7. The minimum atomic E-state index is -0.866. The number of ketones is 1. The molecule has 1 amide bonds. The van der Waals surface area contributed by atoms with Gasteiger partial charge in [0.05, 0.1) is 28.4 Å². The number of carbonyl (C=O) groups is 2. The van der Waals surface area contributed by atoms with Crippen molar-refractivity contribution in [2.45, 2.75) is 32.7 Å². The predicted octanol–water partition coefficient (Wildman–Crippen LogP) is 5.80. The van der Waals surface area contributed by atoms with Crippen molar-refractivity contribution < 1.29 is 19.4 Å². The number of unbranched alkanes of at least 4 members (excludes halogenated alkanes) is 1. The lowest BCUT2D eigenvalue weighted by atomic mass is 9.95. The molecule has 0 aliphatic carbocycles. The van der Waals surface area contributed by atoms with Crippen LogP contribution in [0.1, 0.15) is 42.5 Å². The molecular formula is C28H25N3O4S. The summed E-state index contributed by atoms with van der Waals surface area (Å²) in [4.78, 5) is 36.8. The van der Waals surface area contributed by atoms with Crippen LogP contribution in [0.2, 0.25) is 0 Å². The number of thiazole rings is 1. The molecule has 36 heavy (non-hydrogen) atoms. The number of fused-ring (bicyclic) bond motifs is 1. The van der Waals surface area contributed by atoms with Crippen molar-refractivity contribution >= 4 is 44.1 Å². The van der Waals surface area contributed by atoms with Gasteiger partial charge in [-0.2, -0.15) is 0 Å². The second-order valence-corrected chi connectivity index (χ2v) is 9.66. The molecule has 5 rings (SSSR count). The number of amides is 1. The number of aliphatic hydroxyl groups excluding tert-OH is 1. The third kappa shape index (κ3) is 4.35. The molecule has 8 heteroatoms. The molecule has 4 aromatic rings. The lowest BCUT2D eigenvalue weighted by molar-refractivity contribution is -0.132. The zero-order valence-electron chi connectivity index (χ0n) is 20.0. The van der Waals surface area contributed by atoms with Crippen molar-refractivity contribution in [2.75, 3.05) is 11.5 Å². The monoisotopic (exact) mass is 499 g/mol. The topological polar surface area (TPSA) is 92.6 Å². The number of nitrogens with zero attached hydrogens (tertiary/aromatic N) is 3. The van der Waals surface area contributed by atoms with Crippen LogP contribution in [0.5, 0.6) is 5.75 Å². The summed E-state index contributed by atoms with van der Waals surface area (Å²) in [7, 11) is 0. The van der Waals surface area contributed by atoms with Gasteiger partial charge >= 0.3 is 5.91 Å². The van der Waals surface area contributed by atoms with Crippen LogP contribution in [-0.4, -0.2) is 33.4 Å². The van der Waals surface area contributed by atoms with Gasteiger partial charge in [0.2, 0.25) is 0 Å². The van der Waals surface area contributed by atoms with Crippen molar-refractivity contribution in [1.82, 2.24) is 9.97 Å². The maximum absolute atomic E-state index is 13.4. The molecule has 1 aliphatic heterocycles. The van der Waals surface area contributed by atoms with E-state index in [4.69, 9.17) is 4.74 Å². The normalized spacial score (nSPS) is 17.2. The number of benzene rings is 2. The van der Waals surface area contributed by atoms with Gasteiger partial charge in [-0.3, -0.25) is 19.5 Å². The van der Waals surface area contributed by atoms with Crippen LogP contribution >= 0.6 is 11.3 Å². The molecule has 2 aromatic heterocycles. The third-order valence-electron chi connectivity index (χ3n) is 6.08. The summed E-state index contributed by atoms with van der Waals surface area (Å²) in [5.74, 6) is -1.11. The molecule has 0 radical (unpaired) electrons. The van der Waals surface area contributed by atoms with Gasteiger partial charge in [0.15, 0.2) is 5.13 Å². The molecule has 0 bridgehead atoms. The number of aliphatic hydroxyl groups is 1. The molecular weight excluding hydrogens is 474 g/mol. The summed E-state index contributed by atoms with van der Waals surface area (Å²) in [5.41, 5.74) is 2.88. The maximum atomic E-state index is 13.4. The number of ether oxygens (including phenoxy) is 1. The first kappa shape index (κ1) is 23.7. The van der Waals surface area contributed by atoms with Crippen molar-refractivity contribution in [2.24, 2.45) is 0 Å². The van der Waals surface area contributed by atoms with Crippen LogP contribution in [0.15, 0.2) is 72.6 Å². The molecule has 3 heterocycles. The van der Waals surface area contributed by atoms with Gasteiger partial charge in [0, 0.05) is 18.0 Å². The van der Waals surface area contributed by atoms with E-state index in [1.54, 1.807) is 12.1 Å². The Morgan fingerprint density at radius 3 is 2.69 bits per heavy atom. The fraction of sp³-hybridized carbons (Fsp3) is 0.214. The first-order chi connectivity index (χ1) is 17.5. The summed E-state index contributed by atoms with van der Waals surface area (Å²) in [5, 5.41) is 11.6. The molecule has 1 aliphatic rings. The fourth-order valence-electron chi connectivity index (χ4n) is 4.24. The number of anilines is 1. The Balaban J connectivity index is 1.67. The Morgan fingerprint density at radius 1 is 1.11 bits per heavy atom. The highest BCUT2D eigenvalue weighted by molar-refractivity contribution is 7.22. The minimum absolute atomic E-state index is 0.00680. The Hall–Kier alpha value is -4.04. The first-order valence-corrected chi connectivity index (χ1v) is 12.6. The van der Waals surface area contributed by atoms with E-state index in [1.165, 1.54) is 28.6 Å². The largest absolute Gasteiger partial charge is 0.507 e. The van der Waals surface area contributed by atoms with E-state index in [1.807, 2.05) is 49.4 Å². The van der Waals surface area contributed by atoms with Crippen LogP contribution in [0.3, 0.4) is 0 Å². The summed E-state index contributed by atoms with van der Waals surface area (Å²) in [6.07, 6.45) is 4.97. The molecule has 0 saturated carbocycles. The zero-order chi connectivity index (χ0) is 25.2. The Kier molecular flexibility index (Phi) is 6.52. The van der Waals surface area contributed by atoms with Gasteiger partial charge in [-0.15, -0.1) is 0 Å². The van der Waals surface area contributed by atoms with Gasteiger partial charge in [-0.05, 0) is 60.9 Å². The summed E-state index contributed by atoms with van der Waals surface area (Å²) in [6.45, 7) is 4.64. The van der Waals surface area contributed by atoms with E-state index in [-0.39, 0.29) is 11.3 Å². The number of pyridine rings is 1. The second kappa shape index (κ2) is 9.91. The number of aromatic nitrogens is 2. The van der Waals surface area contributed by atoms with E-state index in [0.717, 1.165) is 28.6 Å². The third-order valence-corrected chi connectivity index (χ3v) is 7.09. The van der Waals surface area contributed by atoms with Crippen LogP contribution in [-0.2, 0) is 9.59 Å². The molecule has 1 atom stereocenters. The number of Topliss-reactive ketones (excluding diaryl/α,β-unsaturated/α-hetero) is 1. The second-order valence-electron chi connectivity index (χ2n) is 8.65. The van der Waals surface area contributed by atoms with E-state index in [0.29, 0.717) is 28.6 Å². The summed E-state index contributed by atoms with van der Waals surface area (Å²) >= 11 is 1.34. The highest BCUT2D eigenvalue weighted by Crippen LogP contribution is 2.44. The van der Waals surface area contributed by atoms with Gasteiger partial charge in [-0.25, -0.2) is 4.98 Å². The Labute approximate surface area is 212 Å². The van der Waals surface area contributed by atoms with Gasteiger partial charge in [0.25, 0.3) is 5.78 Å². The number of hydrogen-bond donors (Lipinski definition) is 1. The predicted molar refractivity (Wildman–Crippen MR) is 140 cm³/mol. The summed E-state index contributed by atoms with van der Waals surface area (Å²) < 4.78 is 6.81. The SMILES string of the molecule is CCCCOc1cccc(C2C(=C(O)c3ccncc3)C(=O)C(=O)N2c2nc3ccc(C)cc3s2)c1. The van der Waals surface area contributed by atoms with E-state index in [2.05, 4.69) is 16.9 Å². The average Bonchev–Trinajstić information content (AvgIpc) is 3.42. The Morgan fingerprint density at radius 2 is 1.92 bits per heavy atom. The van der Waals surface area contributed by atoms with Gasteiger partial charge in [0.1, 0.15) is 11.5 Å². The maximum Gasteiger partial charge on any atom is 0.301 e. The summed E-state index contributed by atoms with van der Waals surface area (Å²) in [6, 6.07) is 15.5. The molecule has 2 aromatic carbocycles. The molecule has 1 saturated heterocycles. The smallest absolute Gasteiger partial charge is 0.301 e. The lowest BCUT2D eigenvalue weighted by Crippen LogP contribution is -2.29. The van der Waals surface area contributed by atoms with Crippen LogP contribution in [0, 0.1) is 6.92 Å². The highest BCUT2D eigenvalue weighted by Gasteiger charge is 2.48. The molecule has 1 N–H and O–H groups in total. The molecule has 1 unspecified atom stereocenters. The fourth-order valence-corrected chi connectivity index (χ4v) is 5.33. The number of rotatable bonds is 7. The number of aryl methyl sites for hydroxylation is 1. The quantitative estimate of drug-likeness (QED) is 0.149. The Bertz CT molecular complexity index is 1480. The first-order valence-electron chi connectivity index (χ1n) is 11.8. The van der Waals surface area contributed by atoms with E-state index < -0.39 is 17.7 Å². The van der Waals surface area contributed by atoms with Gasteiger partial charge < -0.3 is 9.84 Å². The molecule has 0 spiro atoms. The molecule has 7 nitrogen and oxygen atoms in total. The van der Waals surface area contributed by atoms with Crippen LogP contribution < -0.4 is 9.64 Å². The van der Waals surface area contributed by atoms with Gasteiger partial charge in [-0.1, -0.05) is 42.9 Å². The van der Waals surface area contributed by atoms with Crippen LogP contribution in [0.4, 0.5) is 5.13 Å². The van der Waals surface area contributed by atoms with E-state index in [9.17, 15) is 14.7 Å². The highest BCUT2D eigenvalue weighted by atomic mass is 32.1. The standard InChI is InChI=1S/C28H25N3O4S/c1-3-4-14-35-20-7-5-6-19(16-20)24-23(25(32)18-10-12-29-13-11-18)26(33)27(34)31(24)28-30-21-9-8-17(2)15-22(21)36-28/h5-13,15-16,24,32H,3-4,14H2,1-2H3. The number of carbonyl (C=O) groups excluding carboxylic acids is 2. The molecule has 182 valence electrons. The van der Waals surface area contributed by atoms with Crippen LogP contribution in [0.25, 0.3) is 16.0 Å². The average molecular weight is 500 g/mol. The minimum Gasteiger partial charge on any atom is -0.507 e. The zero-order valence-corrected chi connectivity index (χ0v) is 20.8. The molecule has 1 fully saturated rings. The van der Waals surface area contributed by atoms with E-state index >= 15 is 0 Å². The van der Waals surface area contributed by atoms with Crippen molar-refractivity contribution in [1.29, 1.82) is 0 Å². The lowest BCUT2D eigenvalue weighted by Gasteiger charge is -2.23. The van der Waals surface area contributed by atoms with Crippen molar-refractivity contribution in [3.63, 3.8) is 0 Å². The van der Waals surface area contributed by atoms with Crippen molar-refractivity contribution in [3.8, 4) is 5.75 Å².